The summed E-state index contributed by atoms with van der Waals surface area (Å²) in [6.07, 6.45) is -0.0311. The van der Waals surface area contributed by atoms with Gasteiger partial charge >= 0.3 is 0 Å². The third-order valence-corrected chi connectivity index (χ3v) is 2.68. The molecule has 2 rings (SSSR count). The first kappa shape index (κ1) is 11.8. The number of ether oxygens (including phenoxy) is 1. The van der Waals surface area contributed by atoms with Gasteiger partial charge in [-0.15, -0.1) is 0 Å². The van der Waals surface area contributed by atoms with E-state index in [1.807, 2.05) is 48.5 Å². The second-order valence-corrected chi connectivity index (χ2v) is 3.93. The van der Waals surface area contributed by atoms with E-state index < -0.39 is 0 Å². The fraction of sp³-hybridized carbons (Fsp3) is 0.200. The zero-order valence-electron chi connectivity index (χ0n) is 9.75. The van der Waals surface area contributed by atoms with E-state index in [-0.39, 0.29) is 6.10 Å². The summed E-state index contributed by atoms with van der Waals surface area (Å²) in [4.78, 5) is 0. The standard InChI is InChI=1S/C15H17NO/c16-11-15(14-9-5-2-6-10-14)17-12-13-7-3-1-4-8-13/h1-10,15H,11-12,16H2/t15-/m0/s1. The van der Waals surface area contributed by atoms with E-state index in [0.717, 1.165) is 5.56 Å². The van der Waals surface area contributed by atoms with E-state index in [9.17, 15) is 0 Å². The Morgan fingerprint density at radius 2 is 1.47 bits per heavy atom. The molecule has 0 fully saturated rings. The summed E-state index contributed by atoms with van der Waals surface area (Å²) in [5.74, 6) is 0. The number of hydrogen-bond donors (Lipinski definition) is 1. The summed E-state index contributed by atoms with van der Waals surface area (Å²) in [6.45, 7) is 1.09. The summed E-state index contributed by atoms with van der Waals surface area (Å²) in [7, 11) is 0. The third kappa shape index (κ3) is 3.41. The maximum Gasteiger partial charge on any atom is 0.0951 e. The lowest BCUT2D eigenvalue weighted by Crippen LogP contribution is -2.15. The third-order valence-electron chi connectivity index (χ3n) is 2.68. The van der Waals surface area contributed by atoms with Crippen LogP contribution in [-0.4, -0.2) is 6.54 Å². The summed E-state index contributed by atoms with van der Waals surface area (Å²) in [5.41, 5.74) is 8.04. The first-order valence-corrected chi connectivity index (χ1v) is 5.80. The number of rotatable bonds is 5. The number of nitrogens with two attached hydrogens (primary N) is 1. The highest BCUT2D eigenvalue weighted by Crippen LogP contribution is 2.17. The second-order valence-electron chi connectivity index (χ2n) is 3.93. The van der Waals surface area contributed by atoms with Gasteiger partial charge in [0.25, 0.3) is 0 Å². The molecule has 0 heterocycles. The largest absolute Gasteiger partial charge is 0.368 e. The Morgan fingerprint density at radius 1 is 0.882 bits per heavy atom. The van der Waals surface area contributed by atoms with Gasteiger partial charge in [-0.3, -0.25) is 0 Å². The van der Waals surface area contributed by atoms with Gasteiger partial charge in [-0.25, -0.2) is 0 Å². The second kappa shape index (κ2) is 6.18. The Morgan fingerprint density at radius 3 is 2.06 bits per heavy atom. The summed E-state index contributed by atoms with van der Waals surface area (Å²) < 4.78 is 5.84. The summed E-state index contributed by atoms with van der Waals surface area (Å²) >= 11 is 0. The zero-order chi connectivity index (χ0) is 11.9. The van der Waals surface area contributed by atoms with E-state index in [0.29, 0.717) is 13.2 Å². The molecule has 0 saturated heterocycles. The molecule has 0 aliphatic rings. The number of hydrogen-bond acceptors (Lipinski definition) is 2. The van der Waals surface area contributed by atoms with E-state index in [1.165, 1.54) is 5.56 Å². The van der Waals surface area contributed by atoms with Crippen molar-refractivity contribution in [1.82, 2.24) is 0 Å². The van der Waals surface area contributed by atoms with Crippen molar-refractivity contribution >= 4 is 0 Å². The van der Waals surface area contributed by atoms with E-state index in [2.05, 4.69) is 12.1 Å². The summed E-state index contributed by atoms with van der Waals surface area (Å²) in [5, 5.41) is 0. The molecule has 2 heteroatoms. The summed E-state index contributed by atoms with van der Waals surface area (Å²) in [6, 6.07) is 20.2. The van der Waals surface area contributed by atoms with Crippen LogP contribution in [0.15, 0.2) is 60.7 Å². The van der Waals surface area contributed by atoms with Gasteiger partial charge in [0, 0.05) is 6.54 Å². The van der Waals surface area contributed by atoms with Crippen molar-refractivity contribution < 1.29 is 4.74 Å². The predicted octanol–water partition coefficient (Wildman–Crippen LogP) is 2.90. The van der Waals surface area contributed by atoms with Gasteiger partial charge in [0.05, 0.1) is 12.7 Å². The monoisotopic (exact) mass is 227 g/mol. The molecule has 0 aliphatic carbocycles. The molecule has 2 nitrogen and oxygen atoms in total. The van der Waals surface area contributed by atoms with Crippen LogP contribution < -0.4 is 5.73 Å². The van der Waals surface area contributed by atoms with Gasteiger partial charge < -0.3 is 10.5 Å². The Bertz CT molecular complexity index is 427. The zero-order valence-corrected chi connectivity index (χ0v) is 9.75. The smallest absolute Gasteiger partial charge is 0.0951 e. The van der Waals surface area contributed by atoms with Gasteiger partial charge in [-0.2, -0.15) is 0 Å². The highest BCUT2D eigenvalue weighted by molar-refractivity contribution is 5.18. The van der Waals surface area contributed by atoms with Crippen molar-refractivity contribution in [3.8, 4) is 0 Å². The molecule has 0 bridgehead atoms. The molecule has 0 radical (unpaired) electrons. The van der Waals surface area contributed by atoms with Crippen molar-refractivity contribution in [2.24, 2.45) is 5.73 Å². The molecule has 0 aromatic heterocycles. The van der Waals surface area contributed by atoms with Crippen molar-refractivity contribution in [2.45, 2.75) is 12.7 Å². The average Bonchev–Trinajstić information content (AvgIpc) is 2.42. The molecule has 0 spiro atoms. The minimum atomic E-state index is -0.0311. The van der Waals surface area contributed by atoms with E-state index in [4.69, 9.17) is 10.5 Å². The van der Waals surface area contributed by atoms with Gasteiger partial charge in [-0.05, 0) is 11.1 Å². The van der Waals surface area contributed by atoms with Crippen molar-refractivity contribution in [3.63, 3.8) is 0 Å². The first-order chi connectivity index (χ1) is 8.40. The molecule has 1 atom stereocenters. The lowest BCUT2D eigenvalue weighted by molar-refractivity contribution is 0.0456. The van der Waals surface area contributed by atoms with Gasteiger partial charge in [0.1, 0.15) is 0 Å². The average molecular weight is 227 g/mol. The maximum atomic E-state index is 5.84. The minimum Gasteiger partial charge on any atom is -0.368 e. The molecule has 0 saturated carbocycles. The molecular formula is C15H17NO. The fourth-order valence-electron chi connectivity index (χ4n) is 1.74. The molecule has 2 aromatic rings. The van der Waals surface area contributed by atoms with Crippen LogP contribution in [0.1, 0.15) is 17.2 Å². The molecule has 0 aliphatic heterocycles. The highest BCUT2D eigenvalue weighted by Gasteiger charge is 2.09. The van der Waals surface area contributed by atoms with Crippen molar-refractivity contribution in [2.75, 3.05) is 6.54 Å². The number of benzene rings is 2. The van der Waals surface area contributed by atoms with Crippen LogP contribution in [0.3, 0.4) is 0 Å². The predicted molar refractivity (Wildman–Crippen MR) is 69.5 cm³/mol. The lowest BCUT2D eigenvalue weighted by Gasteiger charge is -2.16. The van der Waals surface area contributed by atoms with Crippen molar-refractivity contribution in [1.29, 1.82) is 0 Å². The Labute approximate surface area is 102 Å². The first-order valence-electron chi connectivity index (χ1n) is 5.80. The van der Waals surface area contributed by atoms with E-state index in [1.54, 1.807) is 0 Å². The Balaban J connectivity index is 1.97. The molecule has 88 valence electrons. The maximum absolute atomic E-state index is 5.84. The van der Waals surface area contributed by atoms with Crippen LogP contribution in [0.2, 0.25) is 0 Å². The SMILES string of the molecule is NC[C@H](OCc1ccccc1)c1ccccc1. The van der Waals surface area contributed by atoms with Crippen molar-refractivity contribution in [3.05, 3.63) is 71.8 Å². The van der Waals surface area contributed by atoms with Crippen LogP contribution in [-0.2, 0) is 11.3 Å². The normalized spacial score (nSPS) is 12.3. The lowest BCUT2D eigenvalue weighted by atomic mass is 10.1. The quantitative estimate of drug-likeness (QED) is 0.852. The Kier molecular flexibility index (Phi) is 4.30. The molecule has 0 unspecified atom stereocenters. The van der Waals surface area contributed by atoms with Crippen LogP contribution in [0.25, 0.3) is 0 Å². The van der Waals surface area contributed by atoms with Crippen LogP contribution in [0.5, 0.6) is 0 Å². The van der Waals surface area contributed by atoms with Crippen LogP contribution >= 0.6 is 0 Å². The van der Waals surface area contributed by atoms with Crippen LogP contribution in [0, 0.1) is 0 Å². The fourth-order valence-corrected chi connectivity index (χ4v) is 1.74. The molecule has 0 amide bonds. The van der Waals surface area contributed by atoms with Crippen LogP contribution in [0.4, 0.5) is 0 Å². The Hall–Kier alpha value is -1.64. The minimum absolute atomic E-state index is 0.0311. The molecule has 17 heavy (non-hydrogen) atoms. The molecule has 2 N–H and O–H groups in total. The van der Waals surface area contributed by atoms with Gasteiger partial charge in [0.15, 0.2) is 0 Å². The highest BCUT2D eigenvalue weighted by atomic mass is 16.5. The topological polar surface area (TPSA) is 35.2 Å². The van der Waals surface area contributed by atoms with Gasteiger partial charge in [0.2, 0.25) is 0 Å². The molecule has 2 aromatic carbocycles. The van der Waals surface area contributed by atoms with Gasteiger partial charge in [-0.1, -0.05) is 60.7 Å². The molecular weight excluding hydrogens is 210 g/mol. The van der Waals surface area contributed by atoms with E-state index >= 15 is 0 Å².